The van der Waals surface area contributed by atoms with Crippen LogP contribution in [0.4, 0.5) is 11.4 Å². The first-order chi connectivity index (χ1) is 21.9. The molecule has 12 heteroatoms. The molecule has 0 aliphatic carbocycles. The van der Waals surface area contributed by atoms with Crippen LogP contribution >= 0.6 is 49.6 Å². The number of aromatic nitrogens is 4. The van der Waals surface area contributed by atoms with Gasteiger partial charge in [0.05, 0.1) is 58.0 Å². The molecular weight excluding hydrogens is 812 g/mol. The van der Waals surface area contributed by atoms with Gasteiger partial charge in [0.2, 0.25) is 0 Å². The normalized spacial score (nSPS) is 10.1. The second-order valence-corrected chi connectivity index (χ2v) is 11.2. The molecule has 4 aromatic heterocycles. The molecule has 0 N–H and O–H groups in total. The van der Waals surface area contributed by atoms with E-state index in [4.69, 9.17) is 20.0 Å². The number of pyridine rings is 4. The van der Waals surface area contributed by atoms with Crippen molar-refractivity contribution in [3.05, 3.63) is 154 Å². The largest absolute Gasteiger partial charge is 0.255 e. The van der Waals surface area contributed by atoms with Crippen LogP contribution in [0.5, 0.6) is 0 Å². The number of aliphatic imine (C=N–C) groups is 2. The molecule has 0 atom stereocenters. The Labute approximate surface area is 345 Å². The minimum atomic E-state index is 0. The quantitative estimate of drug-likeness (QED) is 0.143. The van der Waals surface area contributed by atoms with Crippen molar-refractivity contribution in [2.75, 3.05) is 0 Å². The van der Waals surface area contributed by atoms with Gasteiger partial charge in [-0.15, -0.1) is 49.6 Å². The monoisotopic (exact) mass is 848 g/mol. The average molecular weight is 850 g/mol. The molecule has 2 radical (unpaired) electrons. The third kappa shape index (κ3) is 12.3. The molecule has 0 aliphatic heterocycles. The Morgan fingerprint density at radius 2 is 0.882 bits per heavy atom. The first kappa shape index (κ1) is 47.6. The number of aryl methyl sites for hydroxylation is 4. The zero-order valence-corrected chi connectivity index (χ0v) is 33.6. The molecule has 0 aliphatic rings. The summed E-state index contributed by atoms with van der Waals surface area (Å²) in [4.78, 5) is 28.5. The Morgan fingerprint density at radius 1 is 0.490 bits per heavy atom. The summed E-state index contributed by atoms with van der Waals surface area (Å²) in [6.07, 6.45) is 7.93. The summed E-state index contributed by atoms with van der Waals surface area (Å²) in [6.45, 7) is 8.48. The maximum atomic E-state index is 4.99. The van der Waals surface area contributed by atoms with Crippen LogP contribution in [-0.2, 0) is 40.0 Å². The van der Waals surface area contributed by atoms with Crippen LogP contribution in [0.3, 0.4) is 0 Å². The van der Waals surface area contributed by atoms with Crippen LogP contribution < -0.4 is 0 Å². The van der Waals surface area contributed by atoms with E-state index in [9.17, 15) is 0 Å². The van der Waals surface area contributed by atoms with E-state index in [0.717, 1.165) is 67.8 Å². The molecule has 0 amide bonds. The summed E-state index contributed by atoms with van der Waals surface area (Å²) >= 11 is 0. The number of halogens is 4. The van der Waals surface area contributed by atoms with E-state index in [2.05, 4.69) is 61.9 Å². The zero-order valence-electron chi connectivity index (χ0n) is 28.2. The predicted molar refractivity (Wildman–Crippen MR) is 213 cm³/mol. The molecule has 51 heavy (non-hydrogen) atoms. The number of benzene rings is 2. The van der Waals surface area contributed by atoms with Crippen molar-refractivity contribution in [1.29, 1.82) is 0 Å². The Balaban J connectivity index is 0.00000417. The topological polar surface area (TPSA) is 76.3 Å². The van der Waals surface area contributed by atoms with Crippen molar-refractivity contribution in [2.24, 2.45) is 9.98 Å². The van der Waals surface area contributed by atoms with Crippen molar-refractivity contribution in [3.8, 4) is 22.8 Å². The average Bonchev–Trinajstić information content (AvgIpc) is 3.05. The number of hydrogen-bond acceptors (Lipinski definition) is 6. The Kier molecular flexibility index (Phi) is 21.0. The molecule has 0 saturated carbocycles. The number of nitrogens with zero attached hydrogens (tertiary/aromatic N) is 6. The van der Waals surface area contributed by atoms with Crippen molar-refractivity contribution in [2.45, 2.75) is 34.1 Å². The van der Waals surface area contributed by atoms with Crippen LogP contribution in [0.2, 0.25) is 0 Å². The summed E-state index contributed by atoms with van der Waals surface area (Å²) in [6, 6.07) is 32.3. The van der Waals surface area contributed by atoms with Crippen molar-refractivity contribution in [1.82, 2.24) is 19.9 Å². The fourth-order valence-corrected chi connectivity index (χ4v) is 5.56. The Morgan fingerprint density at radius 3 is 1.25 bits per heavy atom. The van der Waals surface area contributed by atoms with E-state index < -0.39 is 0 Å². The minimum Gasteiger partial charge on any atom is -0.255 e. The Bertz CT molecular complexity index is 1900. The molecule has 0 fully saturated rings. The van der Waals surface area contributed by atoms with E-state index in [1.807, 2.05) is 85.2 Å². The van der Waals surface area contributed by atoms with E-state index in [-0.39, 0.29) is 83.2 Å². The molecule has 270 valence electrons. The summed E-state index contributed by atoms with van der Waals surface area (Å²) in [5, 5.41) is 0. The van der Waals surface area contributed by atoms with Gasteiger partial charge < -0.3 is 0 Å². The first-order valence-electron chi connectivity index (χ1n) is 15.0. The van der Waals surface area contributed by atoms with Gasteiger partial charge >= 0.3 is 0 Å². The van der Waals surface area contributed by atoms with Crippen LogP contribution in [-0.4, -0.2) is 32.4 Å². The molecule has 6 nitrogen and oxygen atoms in total. The smallest absolute Gasteiger partial charge is 0.0894 e. The van der Waals surface area contributed by atoms with Gasteiger partial charge in [-0.2, -0.15) is 0 Å². The Hall–Kier alpha value is -3.45. The second-order valence-electron chi connectivity index (χ2n) is 11.2. The fraction of sp³-hybridized carbons (Fsp3) is 0.128. The molecule has 0 bridgehead atoms. The van der Waals surface area contributed by atoms with Gasteiger partial charge in [-0.1, -0.05) is 59.7 Å². The van der Waals surface area contributed by atoms with E-state index >= 15 is 0 Å². The van der Waals surface area contributed by atoms with Gasteiger partial charge in [-0.3, -0.25) is 20.0 Å². The maximum absolute atomic E-state index is 4.99. The zero-order chi connectivity index (χ0) is 31.2. The van der Waals surface area contributed by atoms with Gasteiger partial charge in [0.1, 0.15) is 0 Å². The molecular formula is C39H38Cl4Co2N6. The van der Waals surface area contributed by atoms with Crippen LogP contribution in [0.15, 0.2) is 119 Å². The van der Waals surface area contributed by atoms with E-state index in [1.165, 1.54) is 11.1 Å². The molecule has 2 aromatic carbocycles. The second kappa shape index (κ2) is 22.5. The molecule has 0 unspecified atom stereocenters. The predicted octanol–water partition coefficient (Wildman–Crippen LogP) is 10.6. The summed E-state index contributed by atoms with van der Waals surface area (Å²) in [7, 11) is 0. The summed E-state index contributed by atoms with van der Waals surface area (Å²) in [5.41, 5.74) is 13.7. The van der Waals surface area contributed by atoms with E-state index in [1.54, 1.807) is 12.4 Å². The third-order valence-corrected chi connectivity index (χ3v) is 7.48. The molecule has 6 aromatic rings. The SMILES string of the molecule is Cc1cc(C)c(N=Cc2cccc(-c3ccccn3)n2)c(Cc2cc(C)cc(C)c2N=Cc2cccc(-c3ccccn3)n2)c1.Cl.Cl.Cl.Cl.[Co].[Co]. The van der Waals surface area contributed by atoms with Gasteiger partial charge in [0, 0.05) is 52.4 Å². The fourth-order valence-electron chi connectivity index (χ4n) is 5.56. The van der Waals surface area contributed by atoms with Crippen molar-refractivity contribution >= 4 is 73.4 Å². The standard InChI is InChI=1S/C39H34N6.4ClH.2Co/c1-26-19-28(3)38(42-24-32-11-9-15-36(44-32)34-13-5-7-17-40-34)30(21-26)23-31-22-27(2)20-29(4)39(31)43-25-33-12-10-16-37(45-33)35-14-6-8-18-41-35;;;;;;/h5-22,24-25H,23H2,1-4H3;4*1H;;. The van der Waals surface area contributed by atoms with Crippen LogP contribution in [0.1, 0.15) is 44.8 Å². The van der Waals surface area contributed by atoms with Gasteiger partial charge in [-0.25, -0.2) is 9.97 Å². The molecule has 6 rings (SSSR count). The number of rotatable bonds is 8. The molecule has 4 heterocycles. The van der Waals surface area contributed by atoms with E-state index in [0.29, 0.717) is 6.42 Å². The third-order valence-electron chi connectivity index (χ3n) is 7.48. The van der Waals surface area contributed by atoms with Gasteiger partial charge in [0.15, 0.2) is 0 Å². The van der Waals surface area contributed by atoms with Crippen LogP contribution in [0, 0.1) is 27.7 Å². The van der Waals surface area contributed by atoms with Gasteiger partial charge in [0.25, 0.3) is 0 Å². The van der Waals surface area contributed by atoms with Gasteiger partial charge in [-0.05, 0) is 98.5 Å². The summed E-state index contributed by atoms with van der Waals surface area (Å²) < 4.78 is 0. The first-order valence-corrected chi connectivity index (χ1v) is 15.0. The maximum Gasteiger partial charge on any atom is 0.0894 e. The van der Waals surface area contributed by atoms with Crippen molar-refractivity contribution < 1.29 is 33.6 Å². The summed E-state index contributed by atoms with van der Waals surface area (Å²) in [5.74, 6) is 0. The molecule has 0 spiro atoms. The van der Waals surface area contributed by atoms with Crippen LogP contribution in [0.25, 0.3) is 22.8 Å². The number of hydrogen-bond donors (Lipinski definition) is 0. The van der Waals surface area contributed by atoms with Crippen molar-refractivity contribution in [3.63, 3.8) is 0 Å². The minimum absolute atomic E-state index is 0. The molecule has 0 saturated heterocycles.